The molecule has 0 spiro atoms. The first-order valence-corrected chi connectivity index (χ1v) is 14.3. The molecule has 1 N–H and O–H groups in total. The topological polar surface area (TPSA) is 122 Å². The minimum atomic E-state index is -0.531. The van der Waals surface area contributed by atoms with E-state index in [1.54, 1.807) is 11.0 Å². The van der Waals surface area contributed by atoms with Gasteiger partial charge in [-0.25, -0.2) is 4.79 Å². The summed E-state index contributed by atoms with van der Waals surface area (Å²) in [6.07, 6.45) is 0. The lowest BCUT2D eigenvalue weighted by molar-refractivity contribution is -0.384. The third-order valence-electron chi connectivity index (χ3n) is 6.56. The number of halogens is 1. The zero-order chi connectivity index (χ0) is 28.4. The number of thiophene rings is 2. The van der Waals surface area contributed by atoms with Crippen LogP contribution in [0.1, 0.15) is 20.0 Å². The maximum absolute atomic E-state index is 13.2. The van der Waals surface area contributed by atoms with Crippen LogP contribution >= 0.6 is 34.3 Å². The Labute approximate surface area is 241 Å². The van der Waals surface area contributed by atoms with Crippen molar-refractivity contribution in [3.05, 3.63) is 79.5 Å². The van der Waals surface area contributed by atoms with Gasteiger partial charge in [-0.1, -0.05) is 41.9 Å². The van der Waals surface area contributed by atoms with Gasteiger partial charge in [0.1, 0.15) is 15.4 Å². The predicted octanol–water partition coefficient (Wildman–Crippen LogP) is 5.37. The summed E-state index contributed by atoms with van der Waals surface area (Å²) in [7, 11) is 1.30. The van der Waals surface area contributed by atoms with Crippen molar-refractivity contribution in [2.45, 2.75) is 0 Å². The molecule has 2 amide bonds. The fraction of sp³-hybridized carbons (Fsp3) is 0.222. The van der Waals surface area contributed by atoms with Crippen LogP contribution in [0.25, 0.3) is 21.2 Å². The number of amides is 2. The average Bonchev–Trinajstić information content (AvgIpc) is 3.53. The van der Waals surface area contributed by atoms with Crippen molar-refractivity contribution in [2.24, 2.45) is 0 Å². The highest BCUT2D eigenvalue weighted by Crippen LogP contribution is 2.38. The van der Waals surface area contributed by atoms with Crippen molar-refractivity contribution in [1.29, 1.82) is 0 Å². The average molecular weight is 599 g/mol. The molecule has 1 aliphatic heterocycles. The number of esters is 1. The van der Waals surface area contributed by atoms with Crippen LogP contribution in [0.15, 0.2) is 53.9 Å². The van der Waals surface area contributed by atoms with E-state index in [9.17, 15) is 24.5 Å². The summed E-state index contributed by atoms with van der Waals surface area (Å²) in [6, 6.07) is 13.7. The second-order valence-corrected chi connectivity index (χ2v) is 11.3. The second-order valence-electron chi connectivity index (χ2n) is 9.01. The number of carbonyl (C=O) groups is 3. The molecular formula is C27H23ClN4O6S2. The zero-order valence-electron chi connectivity index (χ0n) is 21.2. The predicted molar refractivity (Wildman–Crippen MR) is 156 cm³/mol. The highest BCUT2D eigenvalue weighted by molar-refractivity contribution is 7.21. The number of rotatable bonds is 7. The minimum Gasteiger partial charge on any atom is -0.465 e. The third-order valence-corrected chi connectivity index (χ3v) is 9.10. The number of methoxy groups -OCH3 is 1. The highest BCUT2D eigenvalue weighted by Gasteiger charge is 2.28. The number of carbonyl (C=O) groups excluding carboxylic acids is 3. The molecule has 4 aromatic rings. The fourth-order valence-corrected chi connectivity index (χ4v) is 7.00. The number of nitro groups is 1. The summed E-state index contributed by atoms with van der Waals surface area (Å²) in [6.45, 7) is 1.81. The third kappa shape index (κ3) is 5.56. The Bertz CT molecular complexity index is 1610. The van der Waals surface area contributed by atoms with E-state index in [2.05, 4.69) is 5.32 Å². The first-order chi connectivity index (χ1) is 19.3. The highest BCUT2D eigenvalue weighted by atomic mass is 35.5. The van der Waals surface area contributed by atoms with E-state index in [0.29, 0.717) is 57.3 Å². The van der Waals surface area contributed by atoms with E-state index in [1.165, 1.54) is 30.6 Å². The summed E-state index contributed by atoms with van der Waals surface area (Å²) >= 11 is 8.86. The van der Waals surface area contributed by atoms with Gasteiger partial charge in [-0.3, -0.25) is 24.6 Å². The maximum Gasteiger partial charge on any atom is 0.341 e. The number of ether oxygens (including phenoxy) is 1. The van der Waals surface area contributed by atoms with Crippen molar-refractivity contribution in [1.82, 2.24) is 9.80 Å². The van der Waals surface area contributed by atoms with Crippen molar-refractivity contribution in [2.75, 3.05) is 45.2 Å². The molecule has 10 nitrogen and oxygen atoms in total. The molecule has 1 saturated heterocycles. The lowest BCUT2D eigenvalue weighted by Crippen LogP contribution is -2.50. The summed E-state index contributed by atoms with van der Waals surface area (Å²) < 4.78 is 5.55. The Balaban J connectivity index is 1.21. The van der Waals surface area contributed by atoms with Crippen LogP contribution in [0, 0.1) is 10.1 Å². The van der Waals surface area contributed by atoms with Gasteiger partial charge in [-0.2, -0.15) is 0 Å². The quantitative estimate of drug-likeness (QED) is 0.172. The van der Waals surface area contributed by atoms with Gasteiger partial charge in [0.2, 0.25) is 5.91 Å². The molecule has 0 atom stereocenters. The maximum atomic E-state index is 13.2. The zero-order valence-corrected chi connectivity index (χ0v) is 23.6. The van der Waals surface area contributed by atoms with Crippen molar-refractivity contribution < 1.29 is 24.0 Å². The van der Waals surface area contributed by atoms with Gasteiger partial charge in [0.25, 0.3) is 11.6 Å². The Morgan fingerprint density at radius 1 is 1.10 bits per heavy atom. The Hall–Kier alpha value is -3.84. The largest absolute Gasteiger partial charge is 0.465 e. The normalized spacial score (nSPS) is 13.8. The molecule has 2 aromatic carbocycles. The van der Waals surface area contributed by atoms with Gasteiger partial charge in [0, 0.05) is 59.3 Å². The molecule has 2 aromatic heterocycles. The summed E-state index contributed by atoms with van der Waals surface area (Å²) in [5.41, 5.74) is 1.79. The first-order valence-electron chi connectivity index (χ1n) is 12.2. The van der Waals surface area contributed by atoms with Gasteiger partial charge in [0.15, 0.2) is 0 Å². The van der Waals surface area contributed by atoms with E-state index < -0.39 is 10.9 Å². The van der Waals surface area contributed by atoms with Gasteiger partial charge in [-0.15, -0.1) is 22.7 Å². The number of non-ortho nitro benzene ring substituents is 1. The molecule has 0 saturated carbocycles. The van der Waals surface area contributed by atoms with Crippen LogP contribution in [0.5, 0.6) is 0 Å². The van der Waals surface area contributed by atoms with E-state index in [-0.39, 0.29) is 29.1 Å². The molecule has 1 fully saturated rings. The summed E-state index contributed by atoms with van der Waals surface area (Å²) in [5, 5.41) is 17.1. The second kappa shape index (κ2) is 11.7. The number of anilines is 1. The molecule has 0 bridgehead atoms. The number of fused-ring (bicyclic) bond motifs is 1. The lowest BCUT2D eigenvalue weighted by Gasteiger charge is -2.34. The number of nitrogens with zero attached hydrogens (tertiary/aromatic N) is 3. The SMILES string of the molecule is COC(=O)c1c(-c2ccccc2)csc1NC(=O)CN1CCN(C(=O)c2sc3cc([N+](=O)[O-])ccc3c2Cl)CC1. The van der Waals surface area contributed by atoms with Crippen LogP contribution in [-0.2, 0) is 9.53 Å². The lowest BCUT2D eigenvalue weighted by atomic mass is 10.0. The van der Waals surface area contributed by atoms with Crippen molar-refractivity contribution >= 4 is 72.8 Å². The number of nitro benzene ring substituents is 1. The van der Waals surface area contributed by atoms with E-state index in [4.69, 9.17) is 16.3 Å². The standard InChI is InChI=1S/C27H23ClN4O6S2/c1-38-27(35)22-19(16-5-3-2-4-6-16)15-39-25(22)29-21(33)14-30-9-11-31(12-10-30)26(34)24-23(28)18-8-7-17(32(36)37)13-20(18)40-24/h2-8,13,15H,9-12,14H2,1H3,(H,29,33). The molecule has 13 heteroatoms. The molecule has 0 radical (unpaired) electrons. The molecule has 5 rings (SSSR count). The first kappa shape index (κ1) is 27.7. The number of hydrogen-bond donors (Lipinski definition) is 1. The molecule has 1 aliphatic rings. The van der Waals surface area contributed by atoms with E-state index >= 15 is 0 Å². The molecule has 206 valence electrons. The summed E-state index contributed by atoms with van der Waals surface area (Å²) in [4.78, 5) is 53.2. The fourth-order valence-electron chi connectivity index (χ4n) is 4.51. The number of hydrogen-bond acceptors (Lipinski definition) is 9. The Kier molecular flexibility index (Phi) is 8.12. The van der Waals surface area contributed by atoms with Crippen LogP contribution in [0.2, 0.25) is 5.02 Å². The van der Waals surface area contributed by atoms with Gasteiger partial charge in [-0.05, 0) is 11.6 Å². The van der Waals surface area contributed by atoms with Crippen molar-refractivity contribution in [3.63, 3.8) is 0 Å². The molecule has 3 heterocycles. The molecule has 0 unspecified atom stereocenters. The minimum absolute atomic E-state index is 0.0612. The van der Waals surface area contributed by atoms with Crippen LogP contribution in [0.3, 0.4) is 0 Å². The molecule has 0 aliphatic carbocycles. The number of benzene rings is 2. The summed E-state index contributed by atoms with van der Waals surface area (Å²) in [5.74, 6) is -1.05. The van der Waals surface area contributed by atoms with Crippen molar-refractivity contribution in [3.8, 4) is 11.1 Å². The van der Waals surface area contributed by atoms with Gasteiger partial charge < -0.3 is 15.0 Å². The monoisotopic (exact) mass is 598 g/mol. The molecule has 40 heavy (non-hydrogen) atoms. The van der Waals surface area contributed by atoms with Gasteiger partial charge >= 0.3 is 5.97 Å². The van der Waals surface area contributed by atoms with E-state index in [1.807, 2.05) is 40.6 Å². The van der Waals surface area contributed by atoms with Gasteiger partial charge in [0.05, 0.1) is 23.6 Å². The van der Waals surface area contributed by atoms with Crippen LogP contribution in [0.4, 0.5) is 10.7 Å². The van der Waals surface area contributed by atoms with Crippen LogP contribution < -0.4 is 5.32 Å². The Morgan fingerprint density at radius 3 is 2.50 bits per heavy atom. The smallest absolute Gasteiger partial charge is 0.341 e. The number of piperazine rings is 1. The van der Waals surface area contributed by atoms with Crippen LogP contribution in [-0.4, -0.2) is 72.3 Å². The Morgan fingerprint density at radius 2 is 1.82 bits per heavy atom. The number of nitrogens with one attached hydrogen (secondary N) is 1. The molecular weight excluding hydrogens is 576 g/mol. The van der Waals surface area contributed by atoms with E-state index in [0.717, 1.165) is 16.9 Å².